The summed E-state index contributed by atoms with van der Waals surface area (Å²) < 4.78 is 52.9. The zero-order valence-electron chi connectivity index (χ0n) is 16.2. The van der Waals surface area contributed by atoms with Crippen molar-refractivity contribution in [1.82, 2.24) is 15.5 Å². The average Bonchev–Trinajstić information content (AvgIpc) is 3.07. The third-order valence-corrected chi connectivity index (χ3v) is 6.79. The van der Waals surface area contributed by atoms with Crippen molar-refractivity contribution in [1.29, 1.82) is 0 Å². The maximum atomic E-state index is 12.2. The molecule has 2 aromatic rings. The molecule has 166 valence electrons. The molecule has 31 heavy (non-hydrogen) atoms. The summed E-state index contributed by atoms with van der Waals surface area (Å²) in [7, 11) is 0. The molecule has 0 saturated heterocycles. The lowest BCUT2D eigenvalue weighted by Crippen LogP contribution is -2.77. The van der Waals surface area contributed by atoms with Crippen LogP contribution < -0.4 is 10.1 Å². The molecule has 7 nitrogen and oxygen atoms in total. The molecule has 4 aliphatic rings. The molecular weight excluding hydrogens is 483 g/mol. The Morgan fingerprint density at radius 1 is 1.19 bits per heavy atom. The van der Waals surface area contributed by atoms with Crippen LogP contribution >= 0.6 is 15.9 Å². The number of rotatable bonds is 7. The summed E-state index contributed by atoms with van der Waals surface area (Å²) in [5, 5.41) is 11.2. The lowest BCUT2D eigenvalue weighted by molar-refractivity contribution is -0.352. The first-order valence-electron chi connectivity index (χ1n) is 9.92. The molecular formula is C20H19BrF3N3O4. The van der Waals surface area contributed by atoms with E-state index >= 15 is 0 Å². The molecule has 4 aliphatic carbocycles. The second-order valence-electron chi connectivity index (χ2n) is 8.68. The van der Waals surface area contributed by atoms with Crippen LogP contribution in [0.5, 0.6) is 5.75 Å². The van der Waals surface area contributed by atoms with Crippen LogP contribution in [0.3, 0.4) is 0 Å². The van der Waals surface area contributed by atoms with Crippen molar-refractivity contribution in [3.8, 4) is 5.75 Å². The lowest BCUT2D eigenvalue weighted by Gasteiger charge is -2.68. The second-order valence-corrected chi connectivity index (χ2v) is 9.60. The highest BCUT2D eigenvalue weighted by Crippen LogP contribution is 2.67. The number of nitrogens with zero attached hydrogens (tertiary/aromatic N) is 2. The number of aromatic nitrogens is 2. The van der Waals surface area contributed by atoms with E-state index in [1.807, 2.05) is 12.1 Å². The van der Waals surface area contributed by atoms with Crippen molar-refractivity contribution in [3.63, 3.8) is 0 Å². The van der Waals surface area contributed by atoms with Gasteiger partial charge in [0, 0.05) is 15.9 Å². The molecule has 11 heteroatoms. The summed E-state index contributed by atoms with van der Waals surface area (Å²) in [6, 6.07) is 7.23. The van der Waals surface area contributed by atoms with Gasteiger partial charge in [0.25, 0.3) is 5.91 Å². The fraction of sp³-hybridized carbons (Fsp3) is 0.550. The van der Waals surface area contributed by atoms with Crippen LogP contribution in [0.1, 0.15) is 49.8 Å². The van der Waals surface area contributed by atoms with Crippen LogP contribution in [0.2, 0.25) is 0 Å². The Hall–Kier alpha value is -2.14. The normalized spacial score (nSPS) is 31.2. The van der Waals surface area contributed by atoms with Crippen LogP contribution in [0.25, 0.3) is 0 Å². The van der Waals surface area contributed by atoms with Gasteiger partial charge in [-0.1, -0.05) is 15.9 Å². The molecule has 1 amide bonds. The number of hydrogen-bond acceptors (Lipinski definition) is 6. The van der Waals surface area contributed by atoms with E-state index < -0.39 is 12.5 Å². The number of amides is 1. The van der Waals surface area contributed by atoms with Gasteiger partial charge < -0.3 is 14.5 Å². The van der Waals surface area contributed by atoms with Gasteiger partial charge in [-0.05, 0) is 56.4 Å². The minimum Gasteiger partial charge on any atom is -0.484 e. The van der Waals surface area contributed by atoms with Gasteiger partial charge in [-0.2, -0.15) is 0 Å². The minimum absolute atomic E-state index is 0.0655. The summed E-state index contributed by atoms with van der Waals surface area (Å²) in [5.74, 6) is 1.09. The van der Waals surface area contributed by atoms with E-state index in [0.717, 1.165) is 4.47 Å². The maximum Gasteiger partial charge on any atom is 0.522 e. The molecule has 4 fully saturated rings. The Morgan fingerprint density at radius 3 is 2.52 bits per heavy atom. The van der Waals surface area contributed by atoms with E-state index in [9.17, 15) is 18.0 Å². The molecule has 1 heterocycles. The van der Waals surface area contributed by atoms with Gasteiger partial charge in [0.05, 0.1) is 11.5 Å². The summed E-state index contributed by atoms with van der Waals surface area (Å²) in [4.78, 5) is 12.2. The predicted octanol–water partition coefficient (Wildman–Crippen LogP) is 3.98. The Bertz CT molecular complexity index is 969. The molecule has 0 spiro atoms. The summed E-state index contributed by atoms with van der Waals surface area (Å²) in [5.41, 5.74) is -0.506. The van der Waals surface area contributed by atoms with E-state index in [1.54, 1.807) is 12.1 Å². The largest absolute Gasteiger partial charge is 0.522 e. The summed E-state index contributed by atoms with van der Waals surface area (Å²) >= 11 is 3.34. The van der Waals surface area contributed by atoms with Gasteiger partial charge in [-0.3, -0.25) is 9.53 Å². The smallest absolute Gasteiger partial charge is 0.484 e. The van der Waals surface area contributed by atoms with Gasteiger partial charge in [0.15, 0.2) is 6.61 Å². The van der Waals surface area contributed by atoms with E-state index in [1.165, 1.54) is 0 Å². The molecule has 1 N–H and O–H groups in total. The van der Waals surface area contributed by atoms with Gasteiger partial charge in [0.1, 0.15) is 5.75 Å². The summed E-state index contributed by atoms with van der Waals surface area (Å²) in [6.07, 6.45) is -2.93. The number of ether oxygens (including phenoxy) is 2. The fourth-order valence-corrected chi connectivity index (χ4v) is 5.09. The zero-order chi connectivity index (χ0) is 21.9. The number of benzene rings is 1. The fourth-order valence-electron chi connectivity index (χ4n) is 4.83. The minimum atomic E-state index is -4.62. The van der Waals surface area contributed by atoms with E-state index in [2.05, 4.69) is 36.2 Å². The quantitative estimate of drug-likeness (QED) is 0.617. The number of carbonyl (C=O) groups excluding carboxylic acids is 1. The Balaban J connectivity index is 1.08. The summed E-state index contributed by atoms with van der Waals surface area (Å²) in [6.45, 7) is -0.0655. The molecule has 0 aliphatic heterocycles. The van der Waals surface area contributed by atoms with Crippen molar-refractivity contribution >= 4 is 21.8 Å². The van der Waals surface area contributed by atoms with Crippen LogP contribution in [0.15, 0.2) is 33.2 Å². The van der Waals surface area contributed by atoms with Crippen molar-refractivity contribution in [2.45, 2.75) is 61.4 Å². The van der Waals surface area contributed by atoms with Crippen molar-refractivity contribution in [2.75, 3.05) is 6.61 Å². The first-order valence-corrected chi connectivity index (χ1v) is 10.7. The molecule has 1 aromatic carbocycles. The highest BCUT2D eigenvalue weighted by molar-refractivity contribution is 9.10. The lowest BCUT2D eigenvalue weighted by atomic mass is 9.39. The number of carbonyl (C=O) groups is 1. The molecule has 0 unspecified atom stereocenters. The molecule has 6 rings (SSSR count). The number of nitrogens with one attached hydrogen (secondary N) is 1. The third-order valence-electron chi connectivity index (χ3n) is 6.26. The van der Waals surface area contributed by atoms with Crippen molar-refractivity contribution in [3.05, 3.63) is 40.5 Å². The third kappa shape index (κ3) is 4.05. The number of hydrogen-bond donors (Lipinski definition) is 1. The number of alkyl halides is 3. The second kappa shape index (κ2) is 7.19. The van der Waals surface area contributed by atoms with Gasteiger partial charge >= 0.3 is 6.36 Å². The molecule has 4 saturated carbocycles. The number of halogens is 4. The van der Waals surface area contributed by atoms with E-state index in [-0.39, 0.29) is 42.2 Å². The van der Waals surface area contributed by atoms with Gasteiger partial charge in [-0.15, -0.1) is 23.4 Å². The molecule has 0 radical (unpaired) electrons. The molecule has 2 bridgehead atoms. The molecule has 0 atom stereocenters. The first-order chi connectivity index (χ1) is 14.6. The monoisotopic (exact) mass is 501 g/mol. The molecule has 1 aromatic heterocycles. The Kier molecular flexibility index (Phi) is 4.81. The highest BCUT2D eigenvalue weighted by atomic mass is 79.9. The van der Waals surface area contributed by atoms with E-state index in [4.69, 9.17) is 9.15 Å². The highest BCUT2D eigenvalue weighted by Gasteiger charge is 2.72. The SMILES string of the molecule is O=C(COc1ccc(Br)cc1)NC12CC(c3nnc(C4CC(OC(F)(F)F)C4)o3)(C1)C2. The van der Waals surface area contributed by atoms with Crippen molar-refractivity contribution < 1.29 is 31.9 Å². The average molecular weight is 502 g/mol. The van der Waals surface area contributed by atoms with Crippen LogP contribution in [-0.4, -0.2) is 40.7 Å². The topological polar surface area (TPSA) is 86.5 Å². The standard InChI is InChI=1S/C20H19BrF3N3O4/c21-12-1-3-13(4-2-12)29-7-15(28)25-19-8-18(9-19,10-19)17-27-26-16(30-17)11-5-14(6-11)31-20(22,23)24/h1-4,11,14H,5-10H2,(H,25,28). The van der Waals surface area contributed by atoms with Crippen LogP contribution in [0.4, 0.5) is 13.2 Å². The maximum absolute atomic E-state index is 12.2. The predicted molar refractivity (Wildman–Crippen MR) is 103 cm³/mol. The Labute approximate surface area is 183 Å². The van der Waals surface area contributed by atoms with E-state index in [0.29, 0.717) is 36.8 Å². The van der Waals surface area contributed by atoms with Crippen molar-refractivity contribution in [2.24, 2.45) is 0 Å². The van der Waals surface area contributed by atoms with Gasteiger partial charge in [-0.25, -0.2) is 0 Å². The van der Waals surface area contributed by atoms with Crippen LogP contribution in [-0.2, 0) is 14.9 Å². The van der Waals surface area contributed by atoms with Crippen LogP contribution in [0, 0.1) is 0 Å². The Morgan fingerprint density at radius 2 is 1.87 bits per heavy atom. The zero-order valence-corrected chi connectivity index (χ0v) is 17.8. The first kappa shape index (κ1) is 20.7. The van der Waals surface area contributed by atoms with Gasteiger partial charge in [0.2, 0.25) is 11.8 Å².